The predicted octanol–water partition coefficient (Wildman–Crippen LogP) is 1.08. The fraction of sp³-hybridized carbons (Fsp3) is 0.533. The lowest BCUT2D eigenvalue weighted by molar-refractivity contribution is 0.0926. The van der Waals surface area contributed by atoms with E-state index in [4.69, 9.17) is 5.11 Å². The monoisotopic (exact) mass is 337 g/mol. The van der Waals surface area contributed by atoms with E-state index in [1.165, 1.54) is 17.7 Å². The first-order chi connectivity index (χ1) is 10.9. The number of fused-ring (bicyclic) bond motifs is 1. The summed E-state index contributed by atoms with van der Waals surface area (Å²) in [7, 11) is 4.02. The van der Waals surface area contributed by atoms with Gasteiger partial charge >= 0.3 is 0 Å². The number of nitrogens with one attached hydrogen (secondary N) is 2. The SMILES string of the molecule is Cc1c(C(=O)NC(C)CO)sc2ncnc(NCCN(C)C)c12. The van der Waals surface area contributed by atoms with Crippen molar-refractivity contribution in [3.8, 4) is 0 Å². The Balaban J connectivity index is 2.29. The normalized spacial score (nSPS) is 12.6. The van der Waals surface area contributed by atoms with Crippen LogP contribution in [0.3, 0.4) is 0 Å². The number of hydrogen-bond acceptors (Lipinski definition) is 7. The van der Waals surface area contributed by atoms with Gasteiger partial charge < -0.3 is 20.6 Å². The lowest BCUT2D eigenvalue weighted by Crippen LogP contribution is -2.34. The van der Waals surface area contributed by atoms with Crippen LogP contribution < -0.4 is 10.6 Å². The molecule has 0 aliphatic heterocycles. The summed E-state index contributed by atoms with van der Waals surface area (Å²) in [6.45, 7) is 5.22. The molecule has 3 N–H and O–H groups in total. The van der Waals surface area contributed by atoms with Crippen LogP contribution in [-0.2, 0) is 0 Å². The number of aromatic nitrogens is 2. The van der Waals surface area contributed by atoms with Gasteiger partial charge in [0.1, 0.15) is 17.0 Å². The topological polar surface area (TPSA) is 90.4 Å². The number of carbonyl (C=O) groups excluding carboxylic acids is 1. The van der Waals surface area contributed by atoms with Gasteiger partial charge in [-0.2, -0.15) is 0 Å². The van der Waals surface area contributed by atoms with Gasteiger partial charge in [0, 0.05) is 19.1 Å². The van der Waals surface area contributed by atoms with Crippen LogP contribution in [0.1, 0.15) is 22.2 Å². The molecule has 0 fully saturated rings. The van der Waals surface area contributed by atoms with Crippen LogP contribution >= 0.6 is 11.3 Å². The Morgan fingerprint density at radius 1 is 1.43 bits per heavy atom. The smallest absolute Gasteiger partial charge is 0.262 e. The second-order valence-corrected chi connectivity index (χ2v) is 6.74. The number of aryl methyl sites for hydroxylation is 1. The highest BCUT2D eigenvalue weighted by molar-refractivity contribution is 7.20. The zero-order valence-corrected chi connectivity index (χ0v) is 14.7. The molecular weight excluding hydrogens is 314 g/mol. The van der Waals surface area contributed by atoms with E-state index in [1.54, 1.807) is 6.92 Å². The standard InChI is InChI=1S/C15H23N5O2S/c1-9(7-21)19-14(22)12-10(2)11-13(16-5-6-20(3)4)17-8-18-15(11)23-12/h8-9,21H,5-7H2,1-4H3,(H,19,22)(H,16,17,18). The van der Waals surface area contributed by atoms with Gasteiger partial charge in [-0.05, 0) is 33.5 Å². The van der Waals surface area contributed by atoms with Crippen molar-refractivity contribution in [1.82, 2.24) is 20.2 Å². The second kappa shape index (κ2) is 7.67. The van der Waals surface area contributed by atoms with Crippen LogP contribution in [0.2, 0.25) is 0 Å². The maximum atomic E-state index is 12.3. The van der Waals surface area contributed by atoms with Crippen molar-refractivity contribution >= 4 is 33.3 Å². The first-order valence-electron chi connectivity index (χ1n) is 7.48. The average molecular weight is 337 g/mol. The van der Waals surface area contributed by atoms with E-state index < -0.39 is 0 Å². The van der Waals surface area contributed by atoms with Crippen molar-refractivity contribution in [2.75, 3.05) is 39.1 Å². The van der Waals surface area contributed by atoms with Crippen molar-refractivity contribution in [2.45, 2.75) is 19.9 Å². The highest BCUT2D eigenvalue weighted by Crippen LogP contribution is 2.33. The van der Waals surface area contributed by atoms with E-state index in [9.17, 15) is 4.79 Å². The first-order valence-corrected chi connectivity index (χ1v) is 8.30. The Hall–Kier alpha value is -1.77. The summed E-state index contributed by atoms with van der Waals surface area (Å²) in [5.74, 6) is 0.561. The van der Waals surface area contributed by atoms with Crippen LogP contribution in [0.4, 0.5) is 5.82 Å². The molecule has 2 aromatic heterocycles. The molecule has 0 radical (unpaired) electrons. The molecule has 126 valence electrons. The van der Waals surface area contributed by atoms with Gasteiger partial charge in [-0.25, -0.2) is 9.97 Å². The van der Waals surface area contributed by atoms with Gasteiger partial charge in [0.15, 0.2) is 0 Å². The van der Waals surface area contributed by atoms with E-state index in [2.05, 4.69) is 25.5 Å². The quantitative estimate of drug-likeness (QED) is 0.700. The number of nitrogens with zero attached hydrogens (tertiary/aromatic N) is 3. The van der Waals surface area contributed by atoms with Gasteiger partial charge in [0.2, 0.25) is 0 Å². The molecule has 1 amide bonds. The van der Waals surface area contributed by atoms with Crippen LogP contribution in [-0.4, -0.2) is 65.7 Å². The fourth-order valence-electron chi connectivity index (χ4n) is 2.16. The van der Waals surface area contributed by atoms with E-state index >= 15 is 0 Å². The third kappa shape index (κ3) is 4.15. The number of thiophene rings is 1. The molecule has 0 aliphatic carbocycles. The Bertz CT molecular complexity index is 686. The molecule has 2 heterocycles. The van der Waals surface area contributed by atoms with E-state index in [-0.39, 0.29) is 18.6 Å². The minimum Gasteiger partial charge on any atom is -0.394 e. The van der Waals surface area contributed by atoms with Gasteiger partial charge in [0.05, 0.1) is 16.9 Å². The summed E-state index contributed by atoms with van der Waals surface area (Å²) in [4.78, 5) is 24.4. The summed E-state index contributed by atoms with van der Waals surface area (Å²) < 4.78 is 0. The number of rotatable bonds is 7. The van der Waals surface area contributed by atoms with Crippen LogP contribution in [0.5, 0.6) is 0 Å². The zero-order valence-electron chi connectivity index (χ0n) is 13.9. The van der Waals surface area contributed by atoms with E-state index in [0.717, 1.165) is 34.7 Å². The molecule has 0 saturated heterocycles. The molecule has 0 spiro atoms. The summed E-state index contributed by atoms with van der Waals surface area (Å²) in [6, 6.07) is -0.282. The molecule has 1 atom stereocenters. The number of likely N-dealkylation sites (N-methyl/N-ethyl adjacent to an activating group) is 1. The predicted molar refractivity (Wildman–Crippen MR) is 93.2 cm³/mol. The molecule has 0 aliphatic rings. The van der Waals surface area contributed by atoms with E-state index in [1.807, 2.05) is 21.0 Å². The molecule has 23 heavy (non-hydrogen) atoms. The van der Waals surface area contributed by atoms with Gasteiger partial charge in [-0.15, -0.1) is 11.3 Å². The molecular formula is C15H23N5O2S. The first kappa shape index (κ1) is 17.6. The molecule has 2 rings (SSSR count). The van der Waals surface area contributed by atoms with Gasteiger partial charge in [0.25, 0.3) is 5.91 Å². The number of aliphatic hydroxyl groups excluding tert-OH is 1. The maximum absolute atomic E-state index is 12.3. The largest absolute Gasteiger partial charge is 0.394 e. The molecule has 2 aromatic rings. The second-order valence-electron chi connectivity index (χ2n) is 5.75. The van der Waals surface area contributed by atoms with Crippen molar-refractivity contribution in [3.63, 3.8) is 0 Å². The molecule has 0 bridgehead atoms. The van der Waals surface area contributed by atoms with Crippen molar-refractivity contribution in [2.24, 2.45) is 0 Å². The number of anilines is 1. The van der Waals surface area contributed by atoms with Crippen LogP contribution in [0.15, 0.2) is 6.33 Å². The minimum absolute atomic E-state index is 0.0904. The summed E-state index contributed by atoms with van der Waals surface area (Å²) in [5, 5.41) is 16.0. The third-order valence-electron chi connectivity index (χ3n) is 3.44. The molecule has 7 nitrogen and oxygen atoms in total. The van der Waals surface area contributed by atoms with Crippen molar-refractivity contribution < 1.29 is 9.90 Å². The highest BCUT2D eigenvalue weighted by Gasteiger charge is 2.20. The van der Waals surface area contributed by atoms with Crippen LogP contribution in [0, 0.1) is 6.92 Å². The Morgan fingerprint density at radius 2 is 2.17 bits per heavy atom. The average Bonchev–Trinajstić information content (AvgIpc) is 2.85. The Morgan fingerprint density at radius 3 is 2.83 bits per heavy atom. The minimum atomic E-state index is -0.282. The number of hydrogen-bond donors (Lipinski definition) is 3. The molecule has 0 saturated carbocycles. The summed E-state index contributed by atoms with van der Waals surface area (Å²) in [6.07, 6.45) is 1.51. The van der Waals surface area contributed by atoms with Crippen molar-refractivity contribution in [1.29, 1.82) is 0 Å². The number of carbonyl (C=O) groups is 1. The number of amides is 1. The summed E-state index contributed by atoms with van der Waals surface area (Å²) in [5.41, 5.74) is 0.862. The van der Waals surface area contributed by atoms with Crippen molar-refractivity contribution in [3.05, 3.63) is 16.8 Å². The fourth-order valence-corrected chi connectivity index (χ4v) is 3.21. The van der Waals surface area contributed by atoms with E-state index in [0.29, 0.717) is 4.88 Å². The molecule has 0 aromatic carbocycles. The Labute approximate surface area is 139 Å². The van der Waals surface area contributed by atoms with Gasteiger partial charge in [-0.3, -0.25) is 4.79 Å². The maximum Gasteiger partial charge on any atom is 0.262 e. The van der Waals surface area contributed by atoms with Crippen LogP contribution in [0.25, 0.3) is 10.2 Å². The molecule has 1 unspecified atom stereocenters. The summed E-state index contributed by atoms with van der Waals surface area (Å²) >= 11 is 1.34. The lowest BCUT2D eigenvalue weighted by Gasteiger charge is -2.12. The molecule has 8 heteroatoms. The highest BCUT2D eigenvalue weighted by atomic mass is 32.1. The lowest BCUT2D eigenvalue weighted by atomic mass is 10.2. The zero-order chi connectivity index (χ0) is 17.0. The van der Waals surface area contributed by atoms with Gasteiger partial charge in [-0.1, -0.05) is 0 Å². The third-order valence-corrected chi connectivity index (χ3v) is 4.63. The Kier molecular flexibility index (Phi) is 5.86. The number of aliphatic hydroxyl groups is 1.